The van der Waals surface area contributed by atoms with Crippen LogP contribution >= 0.6 is 11.6 Å². The number of hydrogen-bond acceptors (Lipinski definition) is 8. The Morgan fingerprint density at radius 3 is 2.51 bits per heavy atom. The summed E-state index contributed by atoms with van der Waals surface area (Å²) in [5, 5.41) is 0.768. The molecule has 1 aromatic carbocycles. The number of halogens is 1. The number of carbonyl (C=O) groups excluding carboxylic acids is 1. The first-order valence-electron chi connectivity index (χ1n) is 14.6. The number of nitrogens with zero attached hydrogens (tertiary/aromatic N) is 6. The van der Waals surface area contributed by atoms with Crippen LogP contribution in [0.1, 0.15) is 44.9 Å². The van der Waals surface area contributed by atoms with Gasteiger partial charge in [0.25, 0.3) is 0 Å². The van der Waals surface area contributed by atoms with E-state index in [9.17, 15) is 18.0 Å². The Bertz CT molecular complexity index is 1990. The van der Waals surface area contributed by atoms with Crippen molar-refractivity contribution in [2.45, 2.75) is 52.6 Å². The number of carbonyl (C=O) groups is 1. The number of para-hydroxylation sites is 1. The van der Waals surface area contributed by atoms with E-state index in [2.05, 4.69) is 21.3 Å². The minimum Gasteiger partial charge on any atom is -0.349 e. The fourth-order valence-electron chi connectivity index (χ4n) is 5.82. The molecule has 0 aliphatic carbocycles. The molecule has 5 rings (SSSR count). The van der Waals surface area contributed by atoms with Crippen LogP contribution in [0.2, 0.25) is 5.02 Å². The van der Waals surface area contributed by atoms with E-state index in [1.54, 1.807) is 41.4 Å². The summed E-state index contributed by atoms with van der Waals surface area (Å²) < 4.78 is 28.4. The van der Waals surface area contributed by atoms with Crippen molar-refractivity contribution in [1.82, 2.24) is 24.4 Å². The highest BCUT2D eigenvalue weighted by molar-refractivity contribution is 7.92. The molecular formula is C32H36ClN7O4S. The number of pyridine rings is 2. The van der Waals surface area contributed by atoms with E-state index in [-0.39, 0.29) is 34.6 Å². The Kier molecular flexibility index (Phi) is 8.74. The molecule has 3 aromatic heterocycles. The summed E-state index contributed by atoms with van der Waals surface area (Å²) in [5.41, 5.74) is 2.85. The average molecular weight is 650 g/mol. The molecule has 0 spiro atoms. The van der Waals surface area contributed by atoms with Gasteiger partial charge in [-0.05, 0) is 56.5 Å². The second kappa shape index (κ2) is 12.2. The number of nitrogens with one attached hydrogen (secondary N) is 1. The van der Waals surface area contributed by atoms with Crippen LogP contribution in [0.5, 0.6) is 0 Å². The molecule has 1 saturated heterocycles. The van der Waals surface area contributed by atoms with E-state index in [1.165, 1.54) is 10.6 Å². The maximum absolute atomic E-state index is 14.2. The van der Waals surface area contributed by atoms with Crippen LogP contribution in [0, 0.1) is 6.92 Å². The summed E-state index contributed by atoms with van der Waals surface area (Å²) in [6.45, 7) is 14.2. The van der Waals surface area contributed by atoms with Gasteiger partial charge in [0.15, 0.2) is 5.65 Å². The van der Waals surface area contributed by atoms with E-state index < -0.39 is 15.7 Å². The number of hydrogen-bond donors (Lipinski definition) is 1. The van der Waals surface area contributed by atoms with E-state index in [0.717, 1.165) is 11.8 Å². The van der Waals surface area contributed by atoms with Crippen molar-refractivity contribution in [2.24, 2.45) is 0 Å². The monoisotopic (exact) mass is 649 g/mol. The highest BCUT2D eigenvalue weighted by Crippen LogP contribution is 2.38. The molecule has 0 saturated carbocycles. The average Bonchev–Trinajstić information content (AvgIpc) is 2.97. The van der Waals surface area contributed by atoms with Gasteiger partial charge in [-0.25, -0.2) is 22.8 Å². The van der Waals surface area contributed by atoms with Crippen LogP contribution in [-0.2, 0) is 14.8 Å². The zero-order valence-electron chi connectivity index (χ0n) is 26.1. The minimum atomic E-state index is -3.62. The topological polar surface area (TPSA) is 130 Å². The first-order valence-corrected chi connectivity index (χ1v) is 16.8. The summed E-state index contributed by atoms with van der Waals surface area (Å²) in [7, 11) is -3.62. The molecule has 1 aliphatic rings. The Morgan fingerprint density at radius 1 is 1.13 bits per heavy atom. The van der Waals surface area contributed by atoms with Crippen LogP contribution in [0.25, 0.3) is 28.0 Å². The van der Waals surface area contributed by atoms with Crippen molar-refractivity contribution in [1.29, 1.82) is 0 Å². The fourth-order valence-corrected chi connectivity index (χ4v) is 6.65. The Hall–Kier alpha value is -4.29. The van der Waals surface area contributed by atoms with Crippen molar-refractivity contribution in [3.8, 4) is 16.9 Å². The summed E-state index contributed by atoms with van der Waals surface area (Å²) in [4.78, 5) is 44.7. The van der Waals surface area contributed by atoms with Crippen molar-refractivity contribution >= 4 is 50.1 Å². The Balaban J connectivity index is 1.84. The van der Waals surface area contributed by atoms with Gasteiger partial charge in [-0.2, -0.15) is 4.98 Å². The van der Waals surface area contributed by atoms with Gasteiger partial charge in [-0.15, -0.1) is 0 Å². The summed E-state index contributed by atoms with van der Waals surface area (Å²) in [5.74, 6) is 0.211. The van der Waals surface area contributed by atoms with Gasteiger partial charge >= 0.3 is 5.69 Å². The molecule has 4 heterocycles. The third kappa shape index (κ3) is 6.16. The van der Waals surface area contributed by atoms with E-state index in [4.69, 9.17) is 16.6 Å². The number of amides is 1. The predicted molar refractivity (Wildman–Crippen MR) is 179 cm³/mol. The molecule has 0 bridgehead atoms. The number of sulfonamides is 1. The van der Waals surface area contributed by atoms with E-state index in [0.29, 0.717) is 52.6 Å². The number of aromatic nitrogens is 4. The number of rotatable bonds is 7. The van der Waals surface area contributed by atoms with E-state index in [1.807, 2.05) is 45.6 Å². The Labute approximate surface area is 267 Å². The molecule has 0 unspecified atom stereocenters. The van der Waals surface area contributed by atoms with Crippen LogP contribution in [0.3, 0.4) is 0 Å². The lowest BCUT2D eigenvalue weighted by atomic mass is 10.0. The molecular weight excluding hydrogens is 614 g/mol. The highest BCUT2D eigenvalue weighted by Gasteiger charge is 2.34. The van der Waals surface area contributed by atoms with Gasteiger partial charge in [0.05, 0.1) is 39.4 Å². The first-order chi connectivity index (χ1) is 21.2. The second-order valence-corrected chi connectivity index (χ2v) is 13.9. The SMILES string of the molecule is C=CC(=O)N1C[C@H](C)N(c2nc(=O)n(-c3c(C)ccnc3C(C)C)c3nc(-c4ccccc4NS(C)(=O)=O)c(Cl)cc23)C[C@H]1C. The normalized spacial score (nSPS) is 17.2. The standard InChI is InChI=1S/C32H36ClN7O4S/c1-8-26(41)38-16-21(6)39(17-20(38)5)30-23-15-24(33)28(22-11-9-10-12-25(22)37-45(7,43)44)35-31(23)40(32(42)36-30)29-19(4)13-14-34-27(29)18(2)3/h8-15,18,20-21,37H,1,16-17H2,2-7H3/t20-,21+/m1/s1. The molecule has 2 atom stereocenters. The molecule has 1 fully saturated rings. The third-order valence-electron chi connectivity index (χ3n) is 7.92. The van der Waals surface area contributed by atoms with Crippen molar-refractivity contribution in [3.05, 3.63) is 82.0 Å². The van der Waals surface area contributed by atoms with Crippen LogP contribution in [-0.4, -0.2) is 70.2 Å². The molecule has 1 amide bonds. The summed E-state index contributed by atoms with van der Waals surface area (Å²) in [6, 6.07) is 9.97. The van der Waals surface area contributed by atoms with Gasteiger partial charge in [-0.1, -0.05) is 50.2 Å². The quantitative estimate of drug-likeness (QED) is 0.280. The van der Waals surface area contributed by atoms with Gasteiger partial charge in [0.2, 0.25) is 15.9 Å². The zero-order chi connectivity index (χ0) is 32.8. The minimum absolute atomic E-state index is 0.0238. The molecule has 13 heteroatoms. The van der Waals surface area contributed by atoms with Gasteiger partial charge in [0, 0.05) is 36.9 Å². The maximum Gasteiger partial charge on any atom is 0.355 e. The molecule has 1 N–H and O–H groups in total. The van der Waals surface area contributed by atoms with Crippen molar-refractivity contribution in [3.63, 3.8) is 0 Å². The smallest absolute Gasteiger partial charge is 0.349 e. The summed E-state index contributed by atoms with van der Waals surface area (Å²) >= 11 is 6.94. The lowest BCUT2D eigenvalue weighted by Gasteiger charge is -2.44. The van der Waals surface area contributed by atoms with Crippen molar-refractivity contribution < 1.29 is 13.2 Å². The lowest BCUT2D eigenvalue weighted by Crippen LogP contribution is -2.58. The fraction of sp³-hybridized carbons (Fsp3) is 0.344. The molecule has 236 valence electrons. The Morgan fingerprint density at radius 2 is 1.84 bits per heavy atom. The van der Waals surface area contributed by atoms with Crippen LogP contribution in [0.15, 0.2) is 60.0 Å². The number of anilines is 2. The molecule has 1 aliphatic heterocycles. The number of benzene rings is 1. The molecule has 11 nitrogen and oxygen atoms in total. The maximum atomic E-state index is 14.2. The number of aryl methyl sites for hydroxylation is 1. The lowest BCUT2D eigenvalue weighted by molar-refractivity contribution is -0.128. The number of piperazine rings is 1. The largest absolute Gasteiger partial charge is 0.355 e. The highest BCUT2D eigenvalue weighted by atomic mass is 35.5. The molecule has 45 heavy (non-hydrogen) atoms. The van der Waals surface area contributed by atoms with Gasteiger partial charge in [0.1, 0.15) is 5.82 Å². The van der Waals surface area contributed by atoms with Gasteiger partial charge in [-0.3, -0.25) is 14.5 Å². The predicted octanol–water partition coefficient (Wildman–Crippen LogP) is 4.91. The van der Waals surface area contributed by atoms with Crippen LogP contribution in [0.4, 0.5) is 11.5 Å². The van der Waals surface area contributed by atoms with E-state index >= 15 is 0 Å². The second-order valence-electron chi connectivity index (χ2n) is 11.7. The third-order valence-corrected chi connectivity index (χ3v) is 8.80. The van der Waals surface area contributed by atoms with Crippen molar-refractivity contribution in [2.75, 3.05) is 29.0 Å². The van der Waals surface area contributed by atoms with Crippen LogP contribution < -0.4 is 15.3 Å². The molecule has 0 radical (unpaired) electrons. The molecule has 4 aromatic rings. The first kappa shape index (κ1) is 32.1. The number of fused-ring (bicyclic) bond motifs is 1. The zero-order valence-corrected chi connectivity index (χ0v) is 27.6. The summed E-state index contributed by atoms with van der Waals surface area (Å²) in [6.07, 6.45) is 4.08. The van der Waals surface area contributed by atoms with Gasteiger partial charge < -0.3 is 9.80 Å².